The molecule has 1 unspecified atom stereocenters. The van der Waals surface area contributed by atoms with Crippen LogP contribution in [0.25, 0.3) is 5.65 Å². The van der Waals surface area contributed by atoms with Crippen molar-refractivity contribution in [3.8, 4) is 0 Å². The van der Waals surface area contributed by atoms with Crippen LogP contribution in [-0.4, -0.2) is 32.2 Å². The van der Waals surface area contributed by atoms with Gasteiger partial charge in [0.2, 0.25) is 5.95 Å². The van der Waals surface area contributed by atoms with Crippen molar-refractivity contribution < 1.29 is 0 Å². The SMILES string of the molecule is CCc1cc2n[nH]c(=O)n2c(N2CCCCC2C)n1. The second-order valence-electron chi connectivity index (χ2n) is 5.16. The van der Waals surface area contributed by atoms with E-state index in [-0.39, 0.29) is 5.69 Å². The van der Waals surface area contributed by atoms with Crippen molar-refractivity contribution in [1.82, 2.24) is 19.6 Å². The highest BCUT2D eigenvalue weighted by atomic mass is 16.1. The minimum absolute atomic E-state index is 0.210. The second-order valence-corrected chi connectivity index (χ2v) is 5.16. The van der Waals surface area contributed by atoms with E-state index in [1.807, 2.05) is 6.07 Å². The smallest absolute Gasteiger partial charge is 0.339 e. The fourth-order valence-electron chi connectivity index (χ4n) is 2.73. The molecule has 3 rings (SSSR count). The molecule has 0 amide bonds. The van der Waals surface area contributed by atoms with Gasteiger partial charge in [-0.05, 0) is 32.6 Å². The summed E-state index contributed by atoms with van der Waals surface area (Å²) in [6.07, 6.45) is 4.38. The van der Waals surface area contributed by atoms with E-state index in [2.05, 4.69) is 33.9 Å². The first kappa shape index (κ1) is 12.2. The van der Waals surface area contributed by atoms with Gasteiger partial charge in [-0.25, -0.2) is 19.3 Å². The quantitative estimate of drug-likeness (QED) is 0.886. The first-order valence-corrected chi connectivity index (χ1v) is 6.94. The molecule has 2 aromatic rings. The van der Waals surface area contributed by atoms with Gasteiger partial charge in [0, 0.05) is 24.3 Å². The van der Waals surface area contributed by atoms with Crippen LogP contribution in [0.3, 0.4) is 0 Å². The number of H-pyrrole nitrogens is 1. The number of hydrogen-bond acceptors (Lipinski definition) is 4. The maximum atomic E-state index is 11.9. The number of nitrogens with zero attached hydrogens (tertiary/aromatic N) is 4. The van der Waals surface area contributed by atoms with Crippen molar-refractivity contribution in [3.05, 3.63) is 22.2 Å². The summed E-state index contributed by atoms with van der Waals surface area (Å²) in [6, 6.07) is 2.29. The monoisotopic (exact) mass is 261 g/mol. The van der Waals surface area contributed by atoms with E-state index in [0.29, 0.717) is 11.7 Å². The van der Waals surface area contributed by atoms with E-state index in [9.17, 15) is 4.79 Å². The summed E-state index contributed by atoms with van der Waals surface area (Å²) in [7, 11) is 0. The lowest BCUT2D eigenvalue weighted by molar-refractivity contribution is 0.474. The van der Waals surface area contributed by atoms with E-state index in [1.54, 1.807) is 4.40 Å². The molecule has 19 heavy (non-hydrogen) atoms. The Labute approximate surface area is 111 Å². The van der Waals surface area contributed by atoms with Gasteiger partial charge in [0.25, 0.3) is 0 Å². The van der Waals surface area contributed by atoms with Crippen molar-refractivity contribution in [3.63, 3.8) is 0 Å². The highest BCUT2D eigenvalue weighted by molar-refractivity contribution is 5.48. The highest BCUT2D eigenvalue weighted by Crippen LogP contribution is 2.23. The van der Waals surface area contributed by atoms with Crippen LogP contribution in [0, 0.1) is 0 Å². The lowest BCUT2D eigenvalue weighted by Gasteiger charge is -2.34. The van der Waals surface area contributed by atoms with Crippen LogP contribution in [0.1, 0.15) is 38.8 Å². The van der Waals surface area contributed by atoms with E-state index >= 15 is 0 Å². The van der Waals surface area contributed by atoms with E-state index < -0.39 is 0 Å². The van der Waals surface area contributed by atoms with Gasteiger partial charge in [-0.3, -0.25) is 0 Å². The van der Waals surface area contributed by atoms with Gasteiger partial charge in [-0.15, -0.1) is 0 Å². The fourth-order valence-corrected chi connectivity index (χ4v) is 2.73. The fraction of sp³-hybridized carbons (Fsp3) is 0.615. The standard InChI is InChI=1S/C13H19N5O/c1-3-10-8-11-15-16-13(19)18(11)12(14-10)17-7-5-4-6-9(17)2/h8-9H,3-7H2,1-2H3,(H,16,19). The first-order valence-electron chi connectivity index (χ1n) is 6.94. The summed E-state index contributed by atoms with van der Waals surface area (Å²) in [5.41, 5.74) is 1.42. The molecule has 102 valence electrons. The van der Waals surface area contributed by atoms with E-state index in [4.69, 9.17) is 0 Å². The molecule has 0 radical (unpaired) electrons. The summed E-state index contributed by atoms with van der Waals surface area (Å²) < 4.78 is 1.58. The molecule has 0 bridgehead atoms. The predicted molar refractivity (Wildman–Crippen MR) is 73.6 cm³/mol. The summed E-state index contributed by atoms with van der Waals surface area (Å²) in [6.45, 7) is 5.21. The molecule has 0 saturated carbocycles. The number of nitrogens with one attached hydrogen (secondary N) is 1. The molecule has 0 aliphatic carbocycles. The van der Waals surface area contributed by atoms with Crippen LogP contribution in [0.4, 0.5) is 5.95 Å². The molecule has 2 aromatic heterocycles. The third kappa shape index (κ3) is 2.01. The van der Waals surface area contributed by atoms with Gasteiger partial charge in [-0.2, -0.15) is 5.10 Å². The van der Waals surface area contributed by atoms with Gasteiger partial charge in [-0.1, -0.05) is 6.92 Å². The summed E-state index contributed by atoms with van der Waals surface area (Å²) >= 11 is 0. The Morgan fingerprint density at radius 3 is 3.05 bits per heavy atom. The number of aryl methyl sites for hydroxylation is 1. The summed E-state index contributed by atoms with van der Waals surface area (Å²) in [4.78, 5) is 18.8. The molecule has 0 aromatic carbocycles. The Balaban J connectivity index is 2.19. The third-order valence-electron chi connectivity index (χ3n) is 3.86. The summed E-state index contributed by atoms with van der Waals surface area (Å²) in [5.74, 6) is 0.736. The van der Waals surface area contributed by atoms with Crippen LogP contribution >= 0.6 is 0 Å². The molecule has 0 spiro atoms. The molecule has 6 heteroatoms. The lowest BCUT2D eigenvalue weighted by Crippen LogP contribution is -2.40. The normalized spacial score (nSPS) is 20.1. The van der Waals surface area contributed by atoms with Gasteiger partial charge in [0.15, 0.2) is 5.65 Å². The topological polar surface area (TPSA) is 66.3 Å². The molecular formula is C13H19N5O. The third-order valence-corrected chi connectivity index (χ3v) is 3.86. The number of aromatic nitrogens is 4. The van der Waals surface area contributed by atoms with Crippen molar-refractivity contribution in [2.45, 2.75) is 45.6 Å². The number of aromatic amines is 1. The molecule has 1 N–H and O–H groups in total. The van der Waals surface area contributed by atoms with Crippen molar-refractivity contribution in [1.29, 1.82) is 0 Å². The second kappa shape index (κ2) is 4.68. The van der Waals surface area contributed by atoms with Crippen molar-refractivity contribution >= 4 is 11.6 Å². The summed E-state index contributed by atoms with van der Waals surface area (Å²) in [5, 5.41) is 6.58. The van der Waals surface area contributed by atoms with Crippen molar-refractivity contribution in [2.24, 2.45) is 0 Å². The maximum absolute atomic E-state index is 11.9. The van der Waals surface area contributed by atoms with Crippen molar-refractivity contribution in [2.75, 3.05) is 11.4 Å². The largest absolute Gasteiger partial charge is 0.350 e. The Hall–Kier alpha value is -1.85. The van der Waals surface area contributed by atoms with Crippen LogP contribution in [0.15, 0.2) is 10.9 Å². The number of anilines is 1. The number of piperidine rings is 1. The molecular weight excluding hydrogens is 242 g/mol. The zero-order valence-corrected chi connectivity index (χ0v) is 11.4. The molecule has 1 aliphatic rings. The lowest BCUT2D eigenvalue weighted by atomic mass is 10.0. The highest BCUT2D eigenvalue weighted by Gasteiger charge is 2.23. The average molecular weight is 261 g/mol. The minimum atomic E-state index is -0.210. The predicted octanol–water partition coefficient (Wildman–Crippen LogP) is 1.36. The number of hydrogen-bond donors (Lipinski definition) is 1. The Bertz CT molecular complexity index is 644. The Kier molecular flexibility index (Phi) is 3.00. The van der Waals surface area contributed by atoms with Gasteiger partial charge < -0.3 is 4.90 Å². The van der Waals surface area contributed by atoms with Crippen LogP contribution in [0.5, 0.6) is 0 Å². The zero-order chi connectivity index (χ0) is 13.4. The first-order chi connectivity index (χ1) is 9.20. The maximum Gasteiger partial charge on any atom is 0.350 e. The molecule has 1 aliphatic heterocycles. The molecule has 1 saturated heterocycles. The number of rotatable bonds is 2. The molecule has 6 nitrogen and oxygen atoms in total. The minimum Gasteiger partial charge on any atom is -0.339 e. The number of fused-ring (bicyclic) bond motifs is 1. The van der Waals surface area contributed by atoms with Crippen LogP contribution in [-0.2, 0) is 6.42 Å². The molecule has 1 fully saturated rings. The van der Waals surface area contributed by atoms with Gasteiger partial charge in [0.1, 0.15) is 0 Å². The zero-order valence-electron chi connectivity index (χ0n) is 11.4. The van der Waals surface area contributed by atoms with Gasteiger partial charge >= 0.3 is 5.69 Å². The average Bonchev–Trinajstić information content (AvgIpc) is 2.80. The Morgan fingerprint density at radius 2 is 2.32 bits per heavy atom. The van der Waals surface area contributed by atoms with Gasteiger partial charge in [0.05, 0.1) is 0 Å². The van der Waals surface area contributed by atoms with Crippen LogP contribution in [0.2, 0.25) is 0 Å². The molecule has 3 heterocycles. The van der Waals surface area contributed by atoms with Crippen LogP contribution < -0.4 is 10.6 Å². The Morgan fingerprint density at radius 1 is 1.47 bits per heavy atom. The van der Waals surface area contributed by atoms with E-state index in [1.165, 1.54) is 6.42 Å². The molecule has 1 atom stereocenters. The van der Waals surface area contributed by atoms with E-state index in [0.717, 1.165) is 37.4 Å².